The summed E-state index contributed by atoms with van der Waals surface area (Å²) in [6, 6.07) is 18.4. The SMILES string of the molecule is CC(C)(C)OC(=O)N1CCN(c2cc(-c3cc(-c4ccccc4)cc(Br)n3)ccn2)CC1. The Morgan fingerprint density at radius 3 is 2.34 bits per heavy atom. The molecule has 1 amide bonds. The minimum Gasteiger partial charge on any atom is -0.444 e. The van der Waals surface area contributed by atoms with Gasteiger partial charge >= 0.3 is 6.09 Å². The van der Waals surface area contributed by atoms with Crippen LogP contribution in [0.5, 0.6) is 0 Å². The average molecular weight is 495 g/mol. The van der Waals surface area contributed by atoms with Crippen LogP contribution < -0.4 is 4.90 Å². The van der Waals surface area contributed by atoms with Gasteiger partial charge in [-0.25, -0.2) is 14.8 Å². The number of aromatic nitrogens is 2. The highest BCUT2D eigenvalue weighted by atomic mass is 79.9. The Labute approximate surface area is 197 Å². The van der Waals surface area contributed by atoms with Crippen molar-refractivity contribution in [3.05, 3.63) is 65.4 Å². The summed E-state index contributed by atoms with van der Waals surface area (Å²) in [4.78, 5) is 25.5. The zero-order valence-electron chi connectivity index (χ0n) is 18.6. The van der Waals surface area contributed by atoms with Crippen molar-refractivity contribution in [1.82, 2.24) is 14.9 Å². The molecule has 7 heteroatoms. The van der Waals surface area contributed by atoms with Gasteiger partial charge in [0.05, 0.1) is 5.69 Å². The number of pyridine rings is 2. The maximum atomic E-state index is 12.3. The van der Waals surface area contributed by atoms with Crippen LogP contribution in [-0.2, 0) is 4.74 Å². The topological polar surface area (TPSA) is 58.6 Å². The molecule has 0 spiro atoms. The van der Waals surface area contributed by atoms with Crippen LogP contribution in [-0.4, -0.2) is 52.7 Å². The zero-order chi connectivity index (χ0) is 22.7. The fraction of sp³-hybridized carbons (Fsp3) is 0.320. The molecular weight excluding hydrogens is 468 g/mol. The summed E-state index contributed by atoms with van der Waals surface area (Å²) in [5.41, 5.74) is 3.65. The fourth-order valence-electron chi connectivity index (χ4n) is 3.64. The first kappa shape index (κ1) is 22.3. The highest BCUT2D eigenvalue weighted by molar-refractivity contribution is 9.10. The van der Waals surface area contributed by atoms with Crippen molar-refractivity contribution in [2.45, 2.75) is 26.4 Å². The van der Waals surface area contributed by atoms with Crippen LogP contribution >= 0.6 is 15.9 Å². The molecule has 1 aromatic carbocycles. The van der Waals surface area contributed by atoms with E-state index in [0.29, 0.717) is 26.2 Å². The van der Waals surface area contributed by atoms with Gasteiger partial charge in [-0.15, -0.1) is 0 Å². The van der Waals surface area contributed by atoms with E-state index in [9.17, 15) is 4.79 Å². The lowest BCUT2D eigenvalue weighted by atomic mass is 10.0. The number of halogens is 1. The number of nitrogens with zero attached hydrogens (tertiary/aromatic N) is 4. The number of hydrogen-bond acceptors (Lipinski definition) is 5. The standard InChI is InChI=1S/C25H27BrN4O2/c1-25(2,3)32-24(31)30-13-11-29(12-14-30)23-17-19(9-10-27-23)21-15-20(16-22(26)28-21)18-7-5-4-6-8-18/h4-10,15-17H,11-14H2,1-3H3. The third-order valence-corrected chi connectivity index (χ3v) is 5.60. The lowest BCUT2D eigenvalue weighted by Gasteiger charge is -2.36. The van der Waals surface area contributed by atoms with Crippen molar-refractivity contribution in [2.24, 2.45) is 0 Å². The van der Waals surface area contributed by atoms with Crippen molar-refractivity contribution < 1.29 is 9.53 Å². The second-order valence-corrected chi connectivity index (χ2v) is 9.60. The normalized spacial score (nSPS) is 14.4. The van der Waals surface area contributed by atoms with E-state index >= 15 is 0 Å². The van der Waals surface area contributed by atoms with E-state index in [1.54, 1.807) is 4.90 Å². The highest BCUT2D eigenvalue weighted by Gasteiger charge is 2.26. The van der Waals surface area contributed by atoms with Crippen molar-refractivity contribution in [3.8, 4) is 22.4 Å². The summed E-state index contributed by atoms with van der Waals surface area (Å²) < 4.78 is 6.28. The Kier molecular flexibility index (Phi) is 6.46. The smallest absolute Gasteiger partial charge is 0.410 e. The molecule has 1 saturated heterocycles. The Morgan fingerprint density at radius 1 is 0.938 bits per heavy atom. The summed E-state index contributed by atoms with van der Waals surface area (Å²) in [5.74, 6) is 0.884. The van der Waals surface area contributed by atoms with E-state index in [4.69, 9.17) is 4.74 Å². The quantitative estimate of drug-likeness (QED) is 0.441. The van der Waals surface area contributed by atoms with Crippen LogP contribution in [0.1, 0.15) is 20.8 Å². The van der Waals surface area contributed by atoms with Gasteiger partial charge in [-0.2, -0.15) is 0 Å². The molecule has 0 aliphatic carbocycles. The molecule has 0 radical (unpaired) electrons. The molecule has 0 bridgehead atoms. The Morgan fingerprint density at radius 2 is 1.66 bits per heavy atom. The van der Waals surface area contributed by atoms with Crippen molar-refractivity contribution in [3.63, 3.8) is 0 Å². The van der Waals surface area contributed by atoms with Gasteiger partial charge in [0.2, 0.25) is 0 Å². The molecule has 1 aliphatic heterocycles. The number of anilines is 1. The molecule has 1 fully saturated rings. The van der Waals surface area contributed by atoms with Gasteiger partial charge in [-0.05, 0) is 72.1 Å². The van der Waals surface area contributed by atoms with E-state index < -0.39 is 5.60 Å². The van der Waals surface area contributed by atoms with Crippen molar-refractivity contribution >= 4 is 27.8 Å². The minimum atomic E-state index is -0.486. The fourth-order valence-corrected chi connectivity index (χ4v) is 4.07. The molecule has 0 atom stereocenters. The molecule has 4 rings (SSSR count). The van der Waals surface area contributed by atoms with Crippen LogP contribution in [0.15, 0.2) is 65.4 Å². The molecule has 32 heavy (non-hydrogen) atoms. The van der Waals surface area contributed by atoms with E-state index in [-0.39, 0.29) is 6.09 Å². The van der Waals surface area contributed by atoms with Gasteiger partial charge in [0.25, 0.3) is 0 Å². The van der Waals surface area contributed by atoms with Gasteiger partial charge in [-0.1, -0.05) is 30.3 Å². The molecule has 166 valence electrons. The van der Waals surface area contributed by atoms with Gasteiger partial charge in [0, 0.05) is 37.9 Å². The van der Waals surface area contributed by atoms with E-state index in [2.05, 4.69) is 55.1 Å². The lowest BCUT2D eigenvalue weighted by molar-refractivity contribution is 0.0240. The monoisotopic (exact) mass is 494 g/mol. The molecule has 2 aromatic heterocycles. The van der Waals surface area contributed by atoms with Crippen LogP contribution in [0.3, 0.4) is 0 Å². The maximum Gasteiger partial charge on any atom is 0.410 e. The number of piperazine rings is 1. The first-order chi connectivity index (χ1) is 15.3. The number of carbonyl (C=O) groups is 1. The van der Waals surface area contributed by atoms with E-state index in [1.165, 1.54) is 0 Å². The third kappa shape index (κ3) is 5.46. The Hall–Kier alpha value is -2.93. The average Bonchev–Trinajstić information content (AvgIpc) is 2.78. The Bertz CT molecular complexity index is 1090. The van der Waals surface area contributed by atoms with Crippen LogP contribution in [0, 0.1) is 0 Å². The second-order valence-electron chi connectivity index (χ2n) is 8.79. The molecule has 0 N–H and O–H groups in total. The summed E-state index contributed by atoms with van der Waals surface area (Å²) in [7, 11) is 0. The molecule has 3 heterocycles. The predicted octanol–water partition coefficient (Wildman–Crippen LogP) is 5.63. The minimum absolute atomic E-state index is 0.259. The summed E-state index contributed by atoms with van der Waals surface area (Å²) in [6.45, 7) is 8.28. The first-order valence-electron chi connectivity index (χ1n) is 10.7. The van der Waals surface area contributed by atoms with Gasteiger partial charge in [-0.3, -0.25) is 0 Å². The second kappa shape index (κ2) is 9.28. The molecule has 0 unspecified atom stereocenters. The zero-order valence-corrected chi connectivity index (χ0v) is 20.2. The molecule has 6 nitrogen and oxygen atoms in total. The van der Waals surface area contributed by atoms with Crippen LogP contribution in [0.2, 0.25) is 0 Å². The molecule has 0 saturated carbocycles. The summed E-state index contributed by atoms with van der Waals surface area (Å²) in [5, 5.41) is 0. The third-order valence-electron chi connectivity index (χ3n) is 5.20. The van der Waals surface area contributed by atoms with Gasteiger partial charge in [0.15, 0.2) is 0 Å². The van der Waals surface area contributed by atoms with Gasteiger partial charge in [0.1, 0.15) is 16.0 Å². The number of ether oxygens (including phenoxy) is 1. The van der Waals surface area contributed by atoms with Crippen LogP contribution in [0.25, 0.3) is 22.4 Å². The lowest BCUT2D eigenvalue weighted by Crippen LogP contribution is -2.50. The number of rotatable bonds is 3. The van der Waals surface area contributed by atoms with E-state index in [0.717, 1.165) is 32.8 Å². The predicted molar refractivity (Wildman–Crippen MR) is 131 cm³/mol. The maximum absolute atomic E-state index is 12.3. The van der Waals surface area contributed by atoms with Gasteiger partial charge < -0.3 is 14.5 Å². The molecular formula is C25H27BrN4O2. The van der Waals surface area contributed by atoms with Crippen molar-refractivity contribution in [2.75, 3.05) is 31.1 Å². The van der Waals surface area contributed by atoms with E-state index in [1.807, 2.05) is 57.3 Å². The summed E-state index contributed by atoms with van der Waals surface area (Å²) >= 11 is 3.56. The first-order valence-corrected chi connectivity index (χ1v) is 11.5. The number of carbonyl (C=O) groups excluding carboxylic acids is 1. The number of benzene rings is 1. The number of hydrogen-bond donors (Lipinski definition) is 0. The number of amides is 1. The highest BCUT2D eigenvalue weighted by Crippen LogP contribution is 2.29. The summed E-state index contributed by atoms with van der Waals surface area (Å²) in [6.07, 6.45) is 1.56. The molecule has 1 aliphatic rings. The molecule has 3 aromatic rings. The van der Waals surface area contributed by atoms with Crippen LogP contribution in [0.4, 0.5) is 10.6 Å². The largest absolute Gasteiger partial charge is 0.444 e. The van der Waals surface area contributed by atoms with Crippen molar-refractivity contribution in [1.29, 1.82) is 0 Å². The Balaban J connectivity index is 1.51.